The Bertz CT molecular complexity index is 721. The van der Waals surface area contributed by atoms with E-state index < -0.39 is 29.6 Å². The standard InChI is InChI=1S/C17H15ClO6/c1-22-16(20)14(17(21)23-2)13(10-5-3-6-11(18)9-10)15(19)12-7-4-8-24-12/h3-9,13-14H,1-2H3/t13-/m1/s1. The monoisotopic (exact) mass is 350 g/mol. The van der Waals surface area contributed by atoms with Crippen LogP contribution in [0, 0.1) is 5.92 Å². The van der Waals surface area contributed by atoms with Gasteiger partial charge in [-0.05, 0) is 29.8 Å². The lowest BCUT2D eigenvalue weighted by molar-refractivity contribution is -0.159. The molecule has 24 heavy (non-hydrogen) atoms. The first-order chi connectivity index (χ1) is 11.5. The number of ketones is 1. The third kappa shape index (κ3) is 3.65. The van der Waals surface area contributed by atoms with Gasteiger partial charge in [-0.25, -0.2) is 0 Å². The molecule has 0 N–H and O–H groups in total. The summed E-state index contributed by atoms with van der Waals surface area (Å²) in [6.07, 6.45) is 1.33. The molecule has 0 saturated heterocycles. The van der Waals surface area contributed by atoms with Crippen LogP contribution in [-0.2, 0) is 19.1 Å². The largest absolute Gasteiger partial charge is 0.468 e. The van der Waals surface area contributed by atoms with E-state index >= 15 is 0 Å². The number of furan rings is 1. The Morgan fingerprint density at radius 1 is 1.04 bits per heavy atom. The quantitative estimate of drug-likeness (QED) is 0.452. The first-order valence-electron chi connectivity index (χ1n) is 6.98. The summed E-state index contributed by atoms with van der Waals surface area (Å²) in [5.74, 6) is -4.97. The van der Waals surface area contributed by atoms with E-state index in [2.05, 4.69) is 9.47 Å². The lowest BCUT2D eigenvalue weighted by Gasteiger charge is -2.22. The van der Waals surface area contributed by atoms with Gasteiger partial charge >= 0.3 is 11.9 Å². The van der Waals surface area contributed by atoms with E-state index in [0.717, 1.165) is 14.2 Å². The average molecular weight is 351 g/mol. The van der Waals surface area contributed by atoms with Crippen molar-refractivity contribution in [2.24, 2.45) is 5.92 Å². The smallest absolute Gasteiger partial charge is 0.321 e. The van der Waals surface area contributed by atoms with Crippen molar-refractivity contribution in [2.75, 3.05) is 14.2 Å². The summed E-state index contributed by atoms with van der Waals surface area (Å²) in [5, 5.41) is 0.359. The summed E-state index contributed by atoms with van der Waals surface area (Å²) in [6.45, 7) is 0. The Balaban J connectivity index is 2.58. The number of rotatable bonds is 6. The molecule has 0 saturated carbocycles. The van der Waals surface area contributed by atoms with Gasteiger partial charge in [-0.2, -0.15) is 0 Å². The molecule has 0 aliphatic heterocycles. The number of hydrogen-bond donors (Lipinski definition) is 0. The van der Waals surface area contributed by atoms with Crippen LogP contribution in [0.2, 0.25) is 5.02 Å². The van der Waals surface area contributed by atoms with Gasteiger partial charge in [0.1, 0.15) is 0 Å². The summed E-state index contributed by atoms with van der Waals surface area (Å²) < 4.78 is 14.5. The highest BCUT2D eigenvalue weighted by atomic mass is 35.5. The lowest BCUT2D eigenvalue weighted by atomic mass is 9.81. The number of Topliss-reactive ketones (excluding diaryl/α,β-unsaturated/α-hetero) is 1. The van der Waals surface area contributed by atoms with Gasteiger partial charge in [-0.15, -0.1) is 0 Å². The van der Waals surface area contributed by atoms with Crippen LogP contribution >= 0.6 is 11.6 Å². The van der Waals surface area contributed by atoms with E-state index in [0.29, 0.717) is 10.6 Å². The first kappa shape index (κ1) is 17.7. The molecule has 0 fully saturated rings. The van der Waals surface area contributed by atoms with Gasteiger partial charge in [0, 0.05) is 5.02 Å². The Kier molecular flexibility index (Phi) is 5.76. The van der Waals surface area contributed by atoms with E-state index in [-0.39, 0.29) is 5.76 Å². The van der Waals surface area contributed by atoms with Gasteiger partial charge in [0.05, 0.1) is 26.4 Å². The van der Waals surface area contributed by atoms with Crippen LogP contribution in [0.25, 0.3) is 0 Å². The van der Waals surface area contributed by atoms with Crippen LogP contribution < -0.4 is 0 Å². The van der Waals surface area contributed by atoms with Gasteiger partial charge in [-0.1, -0.05) is 23.7 Å². The molecule has 1 aromatic carbocycles. The average Bonchev–Trinajstić information content (AvgIpc) is 3.12. The minimum atomic E-state index is -1.48. The highest BCUT2D eigenvalue weighted by molar-refractivity contribution is 6.30. The molecule has 126 valence electrons. The third-order valence-electron chi connectivity index (χ3n) is 3.50. The molecule has 6 nitrogen and oxygen atoms in total. The van der Waals surface area contributed by atoms with E-state index in [1.54, 1.807) is 18.2 Å². The molecular formula is C17H15ClO6. The normalized spacial score (nSPS) is 11.8. The number of carbonyl (C=O) groups is 3. The number of hydrogen-bond acceptors (Lipinski definition) is 6. The predicted octanol–water partition coefficient (Wildman–Crippen LogP) is 2.86. The zero-order valence-electron chi connectivity index (χ0n) is 13.0. The van der Waals surface area contributed by atoms with E-state index in [9.17, 15) is 14.4 Å². The zero-order chi connectivity index (χ0) is 17.7. The van der Waals surface area contributed by atoms with Gasteiger partial charge in [0.2, 0.25) is 5.78 Å². The highest BCUT2D eigenvalue weighted by Gasteiger charge is 2.43. The summed E-state index contributed by atoms with van der Waals surface area (Å²) in [6, 6.07) is 9.32. The Hall–Kier alpha value is -2.60. The maximum atomic E-state index is 12.8. The van der Waals surface area contributed by atoms with Crippen molar-refractivity contribution >= 4 is 29.3 Å². The molecule has 0 spiro atoms. The second-order valence-electron chi connectivity index (χ2n) is 4.90. The third-order valence-corrected chi connectivity index (χ3v) is 3.73. The molecule has 2 aromatic rings. The molecular weight excluding hydrogens is 336 g/mol. The van der Waals surface area contributed by atoms with Crippen LogP contribution in [0.15, 0.2) is 47.1 Å². The Labute approximate surface area is 143 Å². The topological polar surface area (TPSA) is 82.8 Å². The van der Waals surface area contributed by atoms with Crippen molar-refractivity contribution in [3.05, 3.63) is 59.0 Å². The Morgan fingerprint density at radius 2 is 1.71 bits per heavy atom. The number of methoxy groups -OCH3 is 2. The van der Waals surface area contributed by atoms with Gasteiger partial charge in [-0.3, -0.25) is 14.4 Å². The highest BCUT2D eigenvalue weighted by Crippen LogP contribution is 2.32. The fourth-order valence-electron chi connectivity index (χ4n) is 2.39. The van der Waals surface area contributed by atoms with Crippen LogP contribution in [-0.4, -0.2) is 31.9 Å². The lowest BCUT2D eigenvalue weighted by Crippen LogP contribution is -2.36. The minimum Gasteiger partial charge on any atom is -0.468 e. The second-order valence-corrected chi connectivity index (χ2v) is 5.33. The number of benzene rings is 1. The van der Waals surface area contributed by atoms with Crippen molar-refractivity contribution in [2.45, 2.75) is 5.92 Å². The summed E-state index contributed by atoms with van der Waals surface area (Å²) in [7, 11) is 2.26. The summed E-state index contributed by atoms with van der Waals surface area (Å²) in [5.41, 5.74) is 0.379. The predicted molar refractivity (Wildman–Crippen MR) is 84.8 cm³/mol. The van der Waals surface area contributed by atoms with E-state index in [1.165, 1.54) is 24.5 Å². The Morgan fingerprint density at radius 3 is 2.21 bits per heavy atom. The SMILES string of the molecule is COC(=O)C(C(=O)OC)[C@H](C(=O)c1ccco1)c1cccc(Cl)c1. The van der Waals surface area contributed by atoms with Crippen molar-refractivity contribution in [3.8, 4) is 0 Å². The number of carbonyl (C=O) groups excluding carboxylic acids is 3. The molecule has 0 aliphatic rings. The van der Waals surface area contributed by atoms with Crippen molar-refractivity contribution in [3.63, 3.8) is 0 Å². The second kappa shape index (κ2) is 7.79. The first-order valence-corrected chi connectivity index (χ1v) is 7.36. The van der Waals surface area contributed by atoms with Crippen LogP contribution in [0.5, 0.6) is 0 Å². The number of halogens is 1. The molecule has 0 aliphatic carbocycles. The molecule has 0 bridgehead atoms. The molecule has 7 heteroatoms. The maximum absolute atomic E-state index is 12.8. The maximum Gasteiger partial charge on any atom is 0.321 e. The van der Waals surface area contributed by atoms with Crippen LogP contribution in [0.3, 0.4) is 0 Å². The zero-order valence-corrected chi connectivity index (χ0v) is 13.8. The molecule has 0 radical (unpaired) electrons. The number of ether oxygens (including phenoxy) is 2. The fraction of sp³-hybridized carbons (Fsp3) is 0.235. The molecule has 1 aromatic heterocycles. The minimum absolute atomic E-state index is 0.0118. The van der Waals surface area contributed by atoms with Crippen molar-refractivity contribution in [1.82, 2.24) is 0 Å². The summed E-state index contributed by atoms with van der Waals surface area (Å²) >= 11 is 5.98. The van der Waals surface area contributed by atoms with Gasteiger partial charge in [0.15, 0.2) is 11.7 Å². The van der Waals surface area contributed by atoms with Crippen LogP contribution in [0.1, 0.15) is 22.0 Å². The van der Waals surface area contributed by atoms with Crippen molar-refractivity contribution < 1.29 is 28.3 Å². The van der Waals surface area contributed by atoms with Gasteiger partial charge in [0.25, 0.3) is 0 Å². The van der Waals surface area contributed by atoms with Crippen molar-refractivity contribution in [1.29, 1.82) is 0 Å². The van der Waals surface area contributed by atoms with Gasteiger partial charge < -0.3 is 13.9 Å². The fourth-order valence-corrected chi connectivity index (χ4v) is 2.59. The van der Waals surface area contributed by atoms with E-state index in [1.807, 2.05) is 0 Å². The molecule has 1 heterocycles. The molecule has 1 atom stereocenters. The number of esters is 2. The van der Waals surface area contributed by atoms with E-state index in [4.69, 9.17) is 16.0 Å². The summed E-state index contributed by atoms with van der Waals surface area (Å²) in [4.78, 5) is 37.1. The molecule has 0 amide bonds. The molecule has 0 unspecified atom stereocenters. The molecule has 2 rings (SSSR count). The van der Waals surface area contributed by atoms with Crippen LogP contribution in [0.4, 0.5) is 0 Å².